The summed E-state index contributed by atoms with van der Waals surface area (Å²) in [6.45, 7) is 0.208. The number of fused-ring (bicyclic) bond motifs is 2. The number of hydrogen-bond acceptors (Lipinski definition) is 6. The van der Waals surface area contributed by atoms with Crippen molar-refractivity contribution in [1.82, 2.24) is 4.90 Å². The number of benzene rings is 4. The van der Waals surface area contributed by atoms with Crippen molar-refractivity contribution in [3.63, 3.8) is 0 Å². The molecule has 0 aromatic heterocycles. The number of esters is 1. The molecular weight excluding hydrogens is 556 g/mol. The third-order valence-corrected chi connectivity index (χ3v) is 8.01. The van der Waals surface area contributed by atoms with Crippen LogP contribution in [0.3, 0.4) is 0 Å². The molecule has 7 nitrogen and oxygen atoms in total. The maximum atomic E-state index is 13.1. The summed E-state index contributed by atoms with van der Waals surface area (Å²) >= 11 is 3.40. The van der Waals surface area contributed by atoms with Crippen LogP contribution < -0.4 is 4.74 Å². The van der Waals surface area contributed by atoms with Crippen LogP contribution in [0.5, 0.6) is 5.75 Å². The van der Waals surface area contributed by atoms with E-state index in [1.807, 2.05) is 48.5 Å². The molecule has 5 rings (SSSR count). The number of amidine groups is 1. The molecule has 188 valence electrons. The minimum absolute atomic E-state index is 0.0518. The summed E-state index contributed by atoms with van der Waals surface area (Å²) < 4.78 is 41.7. The number of rotatable bonds is 7. The Labute approximate surface area is 223 Å². The van der Waals surface area contributed by atoms with Gasteiger partial charge in [-0.15, -0.1) is 4.40 Å². The van der Waals surface area contributed by atoms with E-state index in [0.717, 1.165) is 10.8 Å². The van der Waals surface area contributed by atoms with Crippen molar-refractivity contribution in [2.75, 3.05) is 20.2 Å². The molecule has 0 aliphatic carbocycles. The van der Waals surface area contributed by atoms with Gasteiger partial charge in [-0.25, -0.2) is 4.79 Å². The molecule has 0 spiro atoms. The Kier molecular flexibility index (Phi) is 6.99. The minimum atomic E-state index is -3.79. The maximum absolute atomic E-state index is 13.1. The lowest BCUT2D eigenvalue weighted by atomic mass is 10.1. The lowest BCUT2D eigenvalue weighted by Crippen LogP contribution is -2.39. The third-order valence-electron chi connectivity index (χ3n) is 5.99. The summed E-state index contributed by atoms with van der Waals surface area (Å²) in [4.78, 5) is 14.9. The van der Waals surface area contributed by atoms with Crippen LogP contribution in [0.15, 0.2) is 105 Å². The number of carbonyl (C=O) groups is 1. The van der Waals surface area contributed by atoms with Gasteiger partial charge in [0, 0.05) is 22.5 Å². The van der Waals surface area contributed by atoms with Crippen LogP contribution in [0.25, 0.3) is 10.8 Å². The Morgan fingerprint density at radius 3 is 2.49 bits per heavy atom. The van der Waals surface area contributed by atoms with Gasteiger partial charge in [0.2, 0.25) is 0 Å². The first kappa shape index (κ1) is 25.0. The molecule has 0 saturated heterocycles. The normalized spacial score (nSPS) is 14.5. The molecule has 0 fully saturated rings. The average Bonchev–Trinajstić information content (AvgIpc) is 3.18. The van der Waals surface area contributed by atoms with Gasteiger partial charge in [0.25, 0.3) is 10.0 Å². The number of likely N-dealkylation sites (N-methyl/N-ethyl adjacent to an activating group) is 1. The van der Waals surface area contributed by atoms with E-state index in [1.54, 1.807) is 48.3 Å². The third kappa shape index (κ3) is 5.23. The number of hydrogen-bond donors (Lipinski definition) is 0. The molecular formula is C28H23BrN2O5S. The minimum Gasteiger partial charge on any atom is -0.489 e. The first-order valence-corrected chi connectivity index (χ1v) is 13.8. The molecule has 0 amide bonds. The highest BCUT2D eigenvalue weighted by Gasteiger charge is 2.32. The van der Waals surface area contributed by atoms with E-state index in [0.29, 0.717) is 27.2 Å². The van der Waals surface area contributed by atoms with Crippen molar-refractivity contribution in [3.05, 3.63) is 107 Å². The van der Waals surface area contributed by atoms with Gasteiger partial charge >= 0.3 is 5.97 Å². The number of halogens is 1. The fourth-order valence-corrected chi connectivity index (χ4v) is 5.92. The van der Waals surface area contributed by atoms with Gasteiger partial charge in [-0.3, -0.25) is 0 Å². The lowest BCUT2D eigenvalue weighted by molar-refractivity contribution is 0.0131. The highest BCUT2D eigenvalue weighted by atomic mass is 79.9. The fourth-order valence-electron chi connectivity index (χ4n) is 4.23. The highest BCUT2D eigenvalue weighted by Crippen LogP contribution is 2.28. The molecule has 1 aliphatic rings. The largest absolute Gasteiger partial charge is 0.489 e. The Hall–Kier alpha value is -3.69. The van der Waals surface area contributed by atoms with Crippen molar-refractivity contribution in [1.29, 1.82) is 0 Å². The van der Waals surface area contributed by atoms with Crippen molar-refractivity contribution in [3.8, 4) is 5.75 Å². The molecule has 0 bridgehead atoms. The summed E-state index contributed by atoms with van der Waals surface area (Å²) in [6, 6.07) is 27.3. The zero-order chi connectivity index (χ0) is 26.0. The molecule has 0 radical (unpaired) electrons. The predicted octanol–water partition coefficient (Wildman–Crippen LogP) is 5.29. The summed E-state index contributed by atoms with van der Waals surface area (Å²) in [7, 11) is -2.07. The Balaban J connectivity index is 1.41. The summed E-state index contributed by atoms with van der Waals surface area (Å²) in [5.74, 6) is 0.435. The number of carbonyl (C=O) groups excluding carboxylic acids is 1. The van der Waals surface area contributed by atoms with Crippen LogP contribution in [0.1, 0.15) is 15.9 Å². The maximum Gasteiger partial charge on any atom is 0.339 e. The van der Waals surface area contributed by atoms with E-state index in [-0.39, 0.29) is 18.0 Å². The van der Waals surface area contributed by atoms with Gasteiger partial charge in [0.05, 0.1) is 12.1 Å². The van der Waals surface area contributed by atoms with E-state index in [9.17, 15) is 13.2 Å². The molecule has 0 unspecified atom stereocenters. The van der Waals surface area contributed by atoms with E-state index in [4.69, 9.17) is 9.47 Å². The van der Waals surface area contributed by atoms with E-state index in [2.05, 4.69) is 20.3 Å². The standard InChI is InChI=1S/C28H23BrN2O5S/c1-31(27-23-13-5-7-16-26(23)37(33,34)30-27)17-20(36-28(32)22-12-4-6-14-24(22)29)18-35-25-15-8-10-19-9-2-3-11-21(19)25/h2-16,20H,17-18H2,1H3/t20-/m0/s1. The number of sulfonamides is 1. The van der Waals surface area contributed by atoms with Crippen molar-refractivity contribution >= 4 is 48.5 Å². The smallest absolute Gasteiger partial charge is 0.339 e. The Bertz CT molecular complexity index is 1610. The molecule has 0 saturated carbocycles. The SMILES string of the molecule is CN(C[C@@H](COc1cccc2ccccc12)OC(=O)c1ccccc1Br)C1=NS(=O)(=O)c2ccccc21. The Morgan fingerprint density at radius 1 is 0.946 bits per heavy atom. The number of ether oxygens (including phenoxy) is 2. The molecule has 37 heavy (non-hydrogen) atoms. The second kappa shape index (κ2) is 10.4. The lowest BCUT2D eigenvalue weighted by Gasteiger charge is -2.26. The van der Waals surface area contributed by atoms with Crippen LogP contribution in [-0.4, -0.2) is 51.4 Å². The van der Waals surface area contributed by atoms with E-state index in [1.165, 1.54) is 6.07 Å². The summed E-state index contributed by atoms with van der Waals surface area (Å²) in [5, 5.41) is 1.97. The molecule has 9 heteroatoms. The molecule has 1 aliphatic heterocycles. The topological polar surface area (TPSA) is 85.3 Å². The fraction of sp³-hybridized carbons (Fsp3) is 0.143. The monoisotopic (exact) mass is 578 g/mol. The van der Waals surface area contributed by atoms with Crippen molar-refractivity contribution in [2.45, 2.75) is 11.0 Å². The quantitative estimate of drug-likeness (QED) is 0.277. The summed E-state index contributed by atoms with van der Waals surface area (Å²) in [5.41, 5.74) is 0.891. The van der Waals surface area contributed by atoms with Crippen molar-refractivity contribution < 1.29 is 22.7 Å². The van der Waals surface area contributed by atoms with Crippen LogP contribution >= 0.6 is 15.9 Å². The van der Waals surface area contributed by atoms with Gasteiger partial charge in [-0.05, 0) is 51.6 Å². The van der Waals surface area contributed by atoms with Crippen LogP contribution in [0.2, 0.25) is 0 Å². The van der Waals surface area contributed by atoms with Gasteiger partial charge in [-0.1, -0.05) is 60.7 Å². The van der Waals surface area contributed by atoms with Gasteiger partial charge in [-0.2, -0.15) is 8.42 Å². The molecule has 4 aromatic rings. The first-order valence-electron chi connectivity index (χ1n) is 11.5. The Morgan fingerprint density at radius 2 is 1.65 bits per heavy atom. The van der Waals surface area contributed by atoms with E-state index >= 15 is 0 Å². The van der Waals surface area contributed by atoms with Crippen LogP contribution in [0, 0.1) is 0 Å². The van der Waals surface area contributed by atoms with Crippen LogP contribution in [-0.2, 0) is 14.8 Å². The zero-order valence-electron chi connectivity index (χ0n) is 19.9. The molecule has 1 atom stereocenters. The average molecular weight is 579 g/mol. The zero-order valence-corrected chi connectivity index (χ0v) is 22.3. The molecule has 1 heterocycles. The predicted molar refractivity (Wildman–Crippen MR) is 146 cm³/mol. The second-order valence-corrected chi connectivity index (χ2v) is 11.0. The highest BCUT2D eigenvalue weighted by molar-refractivity contribution is 9.10. The van der Waals surface area contributed by atoms with Gasteiger partial charge in [0.1, 0.15) is 17.3 Å². The molecule has 4 aromatic carbocycles. The second-order valence-electron chi connectivity index (χ2n) is 8.56. The summed E-state index contributed by atoms with van der Waals surface area (Å²) in [6.07, 6.45) is -0.734. The van der Waals surface area contributed by atoms with Gasteiger partial charge in [0.15, 0.2) is 11.9 Å². The first-order chi connectivity index (χ1) is 17.8. The number of nitrogens with zero attached hydrogens (tertiary/aromatic N) is 2. The van der Waals surface area contributed by atoms with Crippen LogP contribution in [0.4, 0.5) is 0 Å². The molecule has 0 N–H and O–H groups in total. The van der Waals surface area contributed by atoms with Crippen molar-refractivity contribution in [2.24, 2.45) is 4.40 Å². The van der Waals surface area contributed by atoms with E-state index < -0.39 is 22.1 Å². The van der Waals surface area contributed by atoms with Gasteiger partial charge < -0.3 is 14.4 Å².